The molecule has 140 valence electrons. The Morgan fingerprint density at radius 1 is 1.23 bits per heavy atom. The monoisotopic (exact) mass is 355 g/mol. The number of amides is 2. The van der Waals surface area contributed by atoms with Gasteiger partial charge in [-0.25, -0.2) is 0 Å². The SMILES string of the molecule is Cc1cccc(CN2CCCC3(CCN(C(=O)C4CC4C)CC3)C2=O)n1. The summed E-state index contributed by atoms with van der Waals surface area (Å²) in [6, 6.07) is 5.99. The lowest BCUT2D eigenvalue weighted by molar-refractivity contribution is -0.153. The van der Waals surface area contributed by atoms with Crippen molar-refractivity contribution in [1.82, 2.24) is 14.8 Å². The molecule has 3 heterocycles. The molecule has 3 aliphatic rings. The minimum absolute atomic E-state index is 0.245. The van der Waals surface area contributed by atoms with Crippen LogP contribution in [0.5, 0.6) is 0 Å². The van der Waals surface area contributed by atoms with Gasteiger partial charge in [-0.2, -0.15) is 0 Å². The first-order valence-electron chi connectivity index (χ1n) is 9.99. The second-order valence-corrected chi connectivity index (χ2v) is 8.53. The van der Waals surface area contributed by atoms with E-state index in [0.717, 1.165) is 63.1 Å². The molecule has 0 N–H and O–H groups in total. The average Bonchev–Trinajstić information content (AvgIpc) is 3.36. The van der Waals surface area contributed by atoms with Crippen LogP contribution >= 0.6 is 0 Å². The molecule has 1 aromatic rings. The Kier molecular flexibility index (Phi) is 4.49. The molecule has 26 heavy (non-hydrogen) atoms. The molecule has 1 aliphatic carbocycles. The van der Waals surface area contributed by atoms with Gasteiger partial charge in [0.1, 0.15) is 0 Å². The van der Waals surface area contributed by atoms with E-state index in [0.29, 0.717) is 18.4 Å². The highest BCUT2D eigenvalue weighted by Gasteiger charge is 2.48. The third-order valence-corrected chi connectivity index (χ3v) is 6.58. The number of carbonyl (C=O) groups is 2. The zero-order chi connectivity index (χ0) is 18.3. The number of hydrogen-bond donors (Lipinski definition) is 0. The predicted octanol–water partition coefficient (Wildman–Crippen LogP) is 2.78. The van der Waals surface area contributed by atoms with E-state index in [1.165, 1.54) is 0 Å². The van der Waals surface area contributed by atoms with Crippen molar-refractivity contribution in [1.29, 1.82) is 0 Å². The Bertz CT molecular complexity index is 709. The van der Waals surface area contributed by atoms with Crippen LogP contribution in [0.15, 0.2) is 18.2 Å². The van der Waals surface area contributed by atoms with Gasteiger partial charge in [0.05, 0.1) is 17.7 Å². The average molecular weight is 355 g/mol. The summed E-state index contributed by atoms with van der Waals surface area (Å²) in [5, 5.41) is 0. The van der Waals surface area contributed by atoms with Crippen LogP contribution < -0.4 is 0 Å². The molecule has 0 aromatic carbocycles. The number of piperidine rings is 2. The van der Waals surface area contributed by atoms with Crippen molar-refractivity contribution in [2.75, 3.05) is 19.6 Å². The molecule has 1 saturated carbocycles. The van der Waals surface area contributed by atoms with E-state index < -0.39 is 0 Å². The van der Waals surface area contributed by atoms with Gasteiger partial charge in [-0.1, -0.05) is 13.0 Å². The molecular formula is C21H29N3O2. The first-order valence-corrected chi connectivity index (χ1v) is 9.99. The van der Waals surface area contributed by atoms with Gasteiger partial charge in [0, 0.05) is 31.2 Å². The first kappa shape index (κ1) is 17.5. The maximum Gasteiger partial charge on any atom is 0.229 e. The van der Waals surface area contributed by atoms with Gasteiger partial charge >= 0.3 is 0 Å². The Balaban J connectivity index is 1.41. The van der Waals surface area contributed by atoms with Crippen molar-refractivity contribution in [3.8, 4) is 0 Å². The van der Waals surface area contributed by atoms with Crippen LogP contribution in [-0.2, 0) is 16.1 Å². The zero-order valence-corrected chi connectivity index (χ0v) is 15.9. The van der Waals surface area contributed by atoms with Crippen molar-refractivity contribution < 1.29 is 9.59 Å². The van der Waals surface area contributed by atoms with Crippen LogP contribution in [0, 0.1) is 24.2 Å². The highest BCUT2D eigenvalue weighted by molar-refractivity contribution is 5.85. The van der Waals surface area contributed by atoms with Crippen LogP contribution in [0.25, 0.3) is 0 Å². The largest absolute Gasteiger partial charge is 0.342 e. The topological polar surface area (TPSA) is 53.5 Å². The highest BCUT2D eigenvalue weighted by Crippen LogP contribution is 2.44. The zero-order valence-electron chi connectivity index (χ0n) is 15.9. The van der Waals surface area contributed by atoms with E-state index in [1.54, 1.807) is 0 Å². The number of aryl methyl sites for hydroxylation is 1. The molecule has 2 saturated heterocycles. The fraction of sp³-hybridized carbons (Fsp3) is 0.667. The molecule has 1 spiro atoms. The lowest BCUT2D eigenvalue weighted by atomic mass is 9.71. The van der Waals surface area contributed by atoms with Gasteiger partial charge in [-0.05, 0) is 57.1 Å². The van der Waals surface area contributed by atoms with Gasteiger partial charge < -0.3 is 9.80 Å². The summed E-state index contributed by atoms with van der Waals surface area (Å²) in [5.74, 6) is 1.39. The molecule has 2 amide bonds. The molecule has 1 aromatic heterocycles. The summed E-state index contributed by atoms with van der Waals surface area (Å²) in [7, 11) is 0. The summed E-state index contributed by atoms with van der Waals surface area (Å²) in [4.78, 5) is 34.3. The Morgan fingerprint density at radius 3 is 2.62 bits per heavy atom. The molecule has 0 bridgehead atoms. The van der Waals surface area contributed by atoms with E-state index in [4.69, 9.17) is 0 Å². The Morgan fingerprint density at radius 2 is 1.96 bits per heavy atom. The molecular weight excluding hydrogens is 326 g/mol. The second kappa shape index (κ2) is 6.67. The maximum atomic E-state index is 13.3. The van der Waals surface area contributed by atoms with Gasteiger partial charge in [0.25, 0.3) is 0 Å². The maximum absolute atomic E-state index is 13.3. The van der Waals surface area contributed by atoms with E-state index in [1.807, 2.05) is 34.9 Å². The summed E-state index contributed by atoms with van der Waals surface area (Å²) in [6.07, 6.45) is 4.68. The van der Waals surface area contributed by atoms with Crippen molar-refractivity contribution in [2.45, 2.75) is 52.5 Å². The molecule has 5 nitrogen and oxygen atoms in total. The van der Waals surface area contributed by atoms with Gasteiger partial charge in [0.2, 0.25) is 11.8 Å². The predicted molar refractivity (Wildman–Crippen MR) is 99.1 cm³/mol. The summed E-state index contributed by atoms with van der Waals surface area (Å²) in [6.45, 7) is 7.03. The smallest absolute Gasteiger partial charge is 0.229 e. The van der Waals surface area contributed by atoms with Crippen molar-refractivity contribution in [2.24, 2.45) is 17.3 Å². The minimum Gasteiger partial charge on any atom is -0.342 e. The summed E-state index contributed by atoms with van der Waals surface area (Å²) < 4.78 is 0. The lowest BCUT2D eigenvalue weighted by Crippen LogP contribution is -2.54. The van der Waals surface area contributed by atoms with Gasteiger partial charge in [-0.3, -0.25) is 14.6 Å². The number of rotatable bonds is 3. The number of nitrogens with zero attached hydrogens (tertiary/aromatic N) is 3. The van der Waals surface area contributed by atoms with Crippen molar-refractivity contribution in [3.63, 3.8) is 0 Å². The Hall–Kier alpha value is -1.91. The Labute approximate surface area is 155 Å². The van der Waals surface area contributed by atoms with Crippen molar-refractivity contribution >= 4 is 11.8 Å². The molecule has 3 fully saturated rings. The number of aromatic nitrogens is 1. The number of hydrogen-bond acceptors (Lipinski definition) is 3. The molecule has 4 rings (SSSR count). The van der Waals surface area contributed by atoms with Crippen LogP contribution in [-0.4, -0.2) is 46.2 Å². The molecule has 2 aliphatic heterocycles. The van der Waals surface area contributed by atoms with Crippen LogP contribution in [0.1, 0.15) is 50.4 Å². The number of carbonyl (C=O) groups excluding carboxylic acids is 2. The third kappa shape index (κ3) is 3.24. The molecule has 2 unspecified atom stereocenters. The molecule has 0 radical (unpaired) electrons. The highest BCUT2D eigenvalue weighted by atomic mass is 16.2. The first-order chi connectivity index (χ1) is 12.5. The summed E-state index contributed by atoms with van der Waals surface area (Å²) in [5.41, 5.74) is 1.70. The lowest BCUT2D eigenvalue weighted by Gasteiger charge is -2.46. The second-order valence-electron chi connectivity index (χ2n) is 8.53. The quantitative estimate of drug-likeness (QED) is 0.838. The van der Waals surface area contributed by atoms with E-state index in [-0.39, 0.29) is 17.2 Å². The number of pyridine rings is 1. The van der Waals surface area contributed by atoms with Crippen LogP contribution in [0.4, 0.5) is 0 Å². The van der Waals surface area contributed by atoms with Crippen molar-refractivity contribution in [3.05, 3.63) is 29.6 Å². The summed E-state index contributed by atoms with van der Waals surface area (Å²) >= 11 is 0. The van der Waals surface area contributed by atoms with E-state index in [2.05, 4.69) is 11.9 Å². The third-order valence-electron chi connectivity index (χ3n) is 6.58. The van der Waals surface area contributed by atoms with E-state index >= 15 is 0 Å². The molecule has 2 atom stereocenters. The van der Waals surface area contributed by atoms with E-state index in [9.17, 15) is 9.59 Å². The number of likely N-dealkylation sites (tertiary alicyclic amines) is 2. The minimum atomic E-state index is -0.256. The molecule has 5 heteroatoms. The van der Waals surface area contributed by atoms with Crippen LogP contribution in [0.3, 0.4) is 0 Å². The van der Waals surface area contributed by atoms with Crippen LogP contribution in [0.2, 0.25) is 0 Å². The van der Waals surface area contributed by atoms with Gasteiger partial charge in [0.15, 0.2) is 0 Å². The fourth-order valence-corrected chi connectivity index (χ4v) is 4.71. The standard InChI is InChI=1S/C21H29N3O2/c1-15-13-18(15)19(25)23-11-8-21(9-12-23)7-4-10-24(20(21)26)14-17-6-3-5-16(2)22-17/h3,5-6,15,18H,4,7-14H2,1-2H3. The fourth-order valence-electron chi connectivity index (χ4n) is 4.71. The van der Waals surface area contributed by atoms with Gasteiger partial charge in [-0.15, -0.1) is 0 Å². The normalized spacial score (nSPS) is 27.7.